The Bertz CT molecular complexity index is 457. The van der Waals surface area contributed by atoms with E-state index in [1.165, 1.54) is 12.8 Å². The molecule has 4 nitrogen and oxygen atoms in total. The fourth-order valence-corrected chi connectivity index (χ4v) is 1.97. The summed E-state index contributed by atoms with van der Waals surface area (Å²) in [6.07, 6.45) is 9.33. The summed E-state index contributed by atoms with van der Waals surface area (Å²) in [6.45, 7) is 0. The zero-order chi connectivity index (χ0) is 11.0. The average molecular weight is 218 g/mol. The Morgan fingerprint density at radius 3 is 3.12 bits per heavy atom. The van der Waals surface area contributed by atoms with E-state index in [0.29, 0.717) is 12.5 Å². The summed E-state index contributed by atoms with van der Waals surface area (Å²) in [5.41, 5.74) is 1.92. The molecule has 2 heterocycles. The van der Waals surface area contributed by atoms with Gasteiger partial charge in [-0.2, -0.15) is 0 Å². The second-order valence-corrected chi connectivity index (χ2v) is 4.31. The molecule has 1 unspecified atom stereocenters. The lowest BCUT2D eigenvalue weighted by atomic mass is 10.1. The maximum absolute atomic E-state index is 10.1. The van der Waals surface area contributed by atoms with Gasteiger partial charge in [0.1, 0.15) is 0 Å². The molecule has 0 bridgehead atoms. The Morgan fingerprint density at radius 1 is 1.56 bits per heavy atom. The largest absolute Gasteiger partial charge is 0.472 e. The van der Waals surface area contributed by atoms with Crippen LogP contribution in [0.25, 0.3) is 0 Å². The van der Waals surface area contributed by atoms with Gasteiger partial charge in [-0.25, -0.2) is 4.98 Å². The highest BCUT2D eigenvalue weighted by Crippen LogP contribution is 2.37. The molecule has 2 aromatic heterocycles. The van der Waals surface area contributed by atoms with Crippen LogP contribution in [-0.4, -0.2) is 14.7 Å². The van der Waals surface area contributed by atoms with Gasteiger partial charge in [0.2, 0.25) is 0 Å². The first-order chi connectivity index (χ1) is 7.84. The van der Waals surface area contributed by atoms with Crippen molar-refractivity contribution in [1.82, 2.24) is 9.55 Å². The van der Waals surface area contributed by atoms with E-state index in [-0.39, 0.29) is 0 Å². The van der Waals surface area contributed by atoms with Crippen LogP contribution in [0.4, 0.5) is 0 Å². The number of furan rings is 1. The summed E-state index contributed by atoms with van der Waals surface area (Å²) in [7, 11) is 0. The van der Waals surface area contributed by atoms with E-state index in [4.69, 9.17) is 4.42 Å². The van der Waals surface area contributed by atoms with E-state index < -0.39 is 6.10 Å². The number of aliphatic hydroxyl groups excluding tert-OH is 1. The molecule has 1 saturated carbocycles. The van der Waals surface area contributed by atoms with Crippen molar-refractivity contribution in [1.29, 1.82) is 0 Å². The molecule has 0 saturated heterocycles. The van der Waals surface area contributed by atoms with Gasteiger partial charge in [0.25, 0.3) is 0 Å². The van der Waals surface area contributed by atoms with E-state index in [1.54, 1.807) is 18.7 Å². The number of aliphatic hydroxyl groups is 1. The minimum atomic E-state index is -0.499. The maximum atomic E-state index is 10.1. The molecule has 2 aromatic rings. The first-order valence-electron chi connectivity index (χ1n) is 5.55. The van der Waals surface area contributed by atoms with E-state index in [2.05, 4.69) is 9.55 Å². The molecule has 0 spiro atoms. The molecule has 0 aromatic carbocycles. The average Bonchev–Trinajstić information content (AvgIpc) is 2.82. The monoisotopic (exact) mass is 218 g/mol. The third kappa shape index (κ3) is 1.76. The highest BCUT2D eigenvalue weighted by molar-refractivity contribution is 5.13. The standard InChI is InChI=1S/C12H14N2O2/c15-12(5-9-3-4-16-7-9)11-6-13-8-14(11)10-1-2-10/h3-4,6-8,10,12,15H,1-2,5H2. The molecule has 3 rings (SSSR count). The van der Waals surface area contributed by atoms with Crippen LogP contribution in [0.15, 0.2) is 35.5 Å². The van der Waals surface area contributed by atoms with Crippen LogP contribution in [0.2, 0.25) is 0 Å². The molecule has 0 radical (unpaired) electrons. The maximum Gasteiger partial charge on any atom is 0.0997 e. The fourth-order valence-electron chi connectivity index (χ4n) is 1.97. The normalized spacial score (nSPS) is 17.6. The van der Waals surface area contributed by atoms with Crippen LogP contribution in [0.5, 0.6) is 0 Å². The summed E-state index contributed by atoms with van der Waals surface area (Å²) in [5.74, 6) is 0. The third-order valence-corrected chi connectivity index (χ3v) is 2.99. The topological polar surface area (TPSA) is 51.2 Å². The number of imidazole rings is 1. The Hall–Kier alpha value is -1.55. The van der Waals surface area contributed by atoms with Crippen molar-refractivity contribution in [2.24, 2.45) is 0 Å². The SMILES string of the molecule is OC(Cc1ccoc1)c1cncn1C1CC1. The second-order valence-electron chi connectivity index (χ2n) is 4.31. The molecule has 0 aliphatic heterocycles. The van der Waals surface area contributed by atoms with Crippen molar-refractivity contribution in [3.63, 3.8) is 0 Å². The molecule has 1 aliphatic rings. The molecule has 0 amide bonds. The van der Waals surface area contributed by atoms with Crippen LogP contribution < -0.4 is 0 Å². The van der Waals surface area contributed by atoms with Gasteiger partial charge in [-0.3, -0.25) is 0 Å². The number of hydrogen-bond donors (Lipinski definition) is 1. The lowest BCUT2D eigenvalue weighted by Crippen LogP contribution is -2.07. The van der Waals surface area contributed by atoms with Gasteiger partial charge in [0.05, 0.1) is 36.8 Å². The molecule has 1 N–H and O–H groups in total. The molecule has 4 heteroatoms. The minimum Gasteiger partial charge on any atom is -0.472 e. The van der Waals surface area contributed by atoms with Crippen LogP contribution in [-0.2, 0) is 6.42 Å². The Morgan fingerprint density at radius 2 is 2.44 bits per heavy atom. The summed E-state index contributed by atoms with van der Waals surface area (Å²) >= 11 is 0. The molecular formula is C12H14N2O2. The molecule has 16 heavy (non-hydrogen) atoms. The number of hydrogen-bond acceptors (Lipinski definition) is 3. The predicted molar refractivity (Wildman–Crippen MR) is 57.9 cm³/mol. The van der Waals surface area contributed by atoms with E-state index >= 15 is 0 Å². The first-order valence-corrected chi connectivity index (χ1v) is 5.55. The van der Waals surface area contributed by atoms with Gasteiger partial charge >= 0.3 is 0 Å². The lowest BCUT2D eigenvalue weighted by molar-refractivity contribution is 0.168. The predicted octanol–water partition coefficient (Wildman–Crippen LogP) is 2.09. The lowest BCUT2D eigenvalue weighted by Gasteiger charge is -2.12. The van der Waals surface area contributed by atoms with Gasteiger partial charge < -0.3 is 14.1 Å². The molecule has 1 atom stereocenters. The Kier molecular flexibility index (Phi) is 2.29. The molecular weight excluding hydrogens is 204 g/mol. The fraction of sp³-hybridized carbons (Fsp3) is 0.417. The van der Waals surface area contributed by atoms with Crippen molar-refractivity contribution in [3.05, 3.63) is 42.4 Å². The van der Waals surface area contributed by atoms with Crippen LogP contribution >= 0.6 is 0 Å². The third-order valence-electron chi connectivity index (χ3n) is 2.99. The van der Waals surface area contributed by atoms with Crippen molar-refractivity contribution < 1.29 is 9.52 Å². The highest BCUT2D eigenvalue weighted by Gasteiger charge is 2.27. The van der Waals surface area contributed by atoms with E-state index in [0.717, 1.165) is 11.3 Å². The van der Waals surface area contributed by atoms with Crippen LogP contribution in [0.1, 0.15) is 36.2 Å². The smallest absolute Gasteiger partial charge is 0.0997 e. The second kappa shape index (κ2) is 3.79. The number of aromatic nitrogens is 2. The molecule has 1 aliphatic carbocycles. The number of rotatable bonds is 4. The quantitative estimate of drug-likeness (QED) is 0.854. The molecule has 1 fully saturated rings. The van der Waals surface area contributed by atoms with Gasteiger partial charge in [-0.05, 0) is 24.5 Å². The van der Waals surface area contributed by atoms with Gasteiger partial charge in [-0.15, -0.1) is 0 Å². The zero-order valence-electron chi connectivity index (χ0n) is 8.91. The van der Waals surface area contributed by atoms with Gasteiger partial charge in [-0.1, -0.05) is 0 Å². The van der Waals surface area contributed by atoms with Crippen molar-refractivity contribution in [3.8, 4) is 0 Å². The molecule has 84 valence electrons. The van der Waals surface area contributed by atoms with Gasteiger partial charge in [0, 0.05) is 12.5 Å². The minimum absolute atomic E-state index is 0.499. The van der Waals surface area contributed by atoms with E-state index in [1.807, 2.05) is 12.4 Å². The Labute approximate surface area is 93.5 Å². The number of nitrogens with zero attached hydrogens (tertiary/aromatic N) is 2. The van der Waals surface area contributed by atoms with Crippen LogP contribution in [0, 0.1) is 0 Å². The van der Waals surface area contributed by atoms with Crippen molar-refractivity contribution in [2.45, 2.75) is 31.4 Å². The van der Waals surface area contributed by atoms with Crippen LogP contribution in [0.3, 0.4) is 0 Å². The summed E-state index contributed by atoms with van der Waals surface area (Å²) in [6, 6.07) is 2.43. The van der Waals surface area contributed by atoms with Gasteiger partial charge in [0.15, 0.2) is 0 Å². The zero-order valence-corrected chi connectivity index (χ0v) is 8.91. The van der Waals surface area contributed by atoms with Crippen molar-refractivity contribution in [2.75, 3.05) is 0 Å². The summed E-state index contributed by atoms with van der Waals surface area (Å²) in [4.78, 5) is 4.11. The van der Waals surface area contributed by atoms with E-state index in [9.17, 15) is 5.11 Å². The first kappa shape index (κ1) is 9.66. The van der Waals surface area contributed by atoms with Crippen molar-refractivity contribution >= 4 is 0 Å². The summed E-state index contributed by atoms with van der Waals surface area (Å²) in [5, 5.41) is 10.1. The summed E-state index contributed by atoms with van der Waals surface area (Å²) < 4.78 is 7.08. The highest BCUT2D eigenvalue weighted by atomic mass is 16.3. The Balaban J connectivity index is 1.78.